The highest BCUT2D eigenvalue weighted by molar-refractivity contribution is 8.13. The summed E-state index contributed by atoms with van der Waals surface area (Å²) < 4.78 is 0. The van der Waals surface area contributed by atoms with Crippen molar-refractivity contribution in [3.05, 3.63) is 35.4 Å². The molecule has 0 aliphatic rings. The zero-order chi connectivity index (χ0) is 11.3. The van der Waals surface area contributed by atoms with Gasteiger partial charge in [0.25, 0.3) is 0 Å². The summed E-state index contributed by atoms with van der Waals surface area (Å²) in [5, 5.41) is 12.3. The maximum Gasteiger partial charge on any atom is 0.335 e. The van der Waals surface area contributed by atoms with Crippen molar-refractivity contribution in [2.24, 2.45) is 16.7 Å². The minimum absolute atomic E-state index is 0.268. The van der Waals surface area contributed by atoms with E-state index in [1.807, 2.05) is 0 Å². The molecule has 0 aromatic heterocycles. The number of rotatable bonds is 3. The summed E-state index contributed by atoms with van der Waals surface area (Å²) in [4.78, 5) is 10.6. The second-order valence-corrected chi connectivity index (χ2v) is 3.75. The Morgan fingerprint density at radius 2 is 2.00 bits per heavy atom. The smallest absolute Gasteiger partial charge is 0.335 e. The van der Waals surface area contributed by atoms with Crippen LogP contribution in [0, 0.1) is 0 Å². The number of amidine groups is 1. The van der Waals surface area contributed by atoms with Gasteiger partial charge in [-0.05, 0) is 17.7 Å². The molecule has 0 radical (unpaired) electrons. The molecule has 5 nitrogen and oxygen atoms in total. The molecule has 80 valence electrons. The van der Waals surface area contributed by atoms with Crippen molar-refractivity contribution in [2.75, 3.05) is 0 Å². The van der Waals surface area contributed by atoms with E-state index in [-0.39, 0.29) is 5.56 Å². The summed E-state index contributed by atoms with van der Waals surface area (Å²) in [6.07, 6.45) is 0. The van der Waals surface area contributed by atoms with Crippen LogP contribution in [0.4, 0.5) is 0 Å². The van der Waals surface area contributed by atoms with Gasteiger partial charge in [-0.1, -0.05) is 23.9 Å². The Balaban J connectivity index is 2.61. The topological polar surface area (TPSA) is 102 Å². The molecule has 5 N–H and O–H groups in total. The van der Waals surface area contributed by atoms with Gasteiger partial charge in [0.1, 0.15) is 0 Å². The molecule has 0 aliphatic carbocycles. The molecule has 0 amide bonds. The van der Waals surface area contributed by atoms with E-state index >= 15 is 0 Å². The average molecular weight is 225 g/mol. The largest absolute Gasteiger partial charge is 0.478 e. The number of hydrogen-bond acceptors (Lipinski definition) is 4. The quantitative estimate of drug-likeness (QED) is 0.306. The van der Waals surface area contributed by atoms with E-state index in [4.69, 9.17) is 16.7 Å². The summed E-state index contributed by atoms with van der Waals surface area (Å²) in [5.41, 5.74) is 6.63. The maximum absolute atomic E-state index is 10.6. The molecule has 0 saturated carbocycles. The van der Waals surface area contributed by atoms with E-state index in [9.17, 15) is 4.79 Å². The SMILES string of the molecule is NN=C(N)SCc1ccc(C(=O)O)cc1. The van der Waals surface area contributed by atoms with Crippen LogP contribution in [0.3, 0.4) is 0 Å². The standard InChI is InChI=1S/C9H11N3O2S/c10-9(12-11)15-5-6-1-3-7(4-2-6)8(13)14/h1-4H,5,11H2,(H2,10,12)(H,13,14). The fourth-order valence-corrected chi connectivity index (χ4v) is 1.52. The lowest BCUT2D eigenvalue weighted by molar-refractivity contribution is 0.0697. The normalized spacial score (nSPS) is 11.3. The number of carbonyl (C=O) groups is 1. The van der Waals surface area contributed by atoms with Crippen molar-refractivity contribution in [3.63, 3.8) is 0 Å². The summed E-state index contributed by atoms with van der Waals surface area (Å²) >= 11 is 1.30. The van der Waals surface area contributed by atoms with Gasteiger partial charge >= 0.3 is 5.97 Å². The number of carboxylic acid groups (broad SMARTS) is 1. The number of carboxylic acids is 1. The molecule has 0 spiro atoms. The summed E-state index contributed by atoms with van der Waals surface area (Å²) in [7, 11) is 0. The van der Waals surface area contributed by atoms with Crippen LogP contribution < -0.4 is 11.6 Å². The van der Waals surface area contributed by atoms with Gasteiger partial charge < -0.3 is 16.7 Å². The number of benzene rings is 1. The number of thioether (sulfide) groups is 1. The molecular weight excluding hydrogens is 214 g/mol. The van der Waals surface area contributed by atoms with Crippen LogP contribution in [-0.2, 0) is 5.75 Å². The number of nitrogens with two attached hydrogens (primary N) is 2. The van der Waals surface area contributed by atoms with Gasteiger partial charge in [-0.15, -0.1) is 0 Å². The molecule has 6 heteroatoms. The van der Waals surface area contributed by atoms with Crippen LogP contribution in [-0.4, -0.2) is 16.2 Å². The minimum atomic E-state index is -0.933. The van der Waals surface area contributed by atoms with Crippen LogP contribution >= 0.6 is 11.8 Å². The first-order chi connectivity index (χ1) is 7.13. The van der Waals surface area contributed by atoms with E-state index in [0.717, 1.165) is 5.56 Å². The number of hydrogen-bond donors (Lipinski definition) is 3. The molecule has 0 heterocycles. The fraction of sp³-hybridized carbons (Fsp3) is 0.111. The second-order valence-electron chi connectivity index (χ2n) is 2.76. The third-order valence-electron chi connectivity index (χ3n) is 1.71. The summed E-state index contributed by atoms with van der Waals surface area (Å²) in [6, 6.07) is 6.57. The van der Waals surface area contributed by atoms with Crippen molar-refractivity contribution in [3.8, 4) is 0 Å². The van der Waals surface area contributed by atoms with Gasteiger partial charge in [0.2, 0.25) is 0 Å². The third-order valence-corrected chi connectivity index (χ3v) is 2.59. The molecule has 0 saturated heterocycles. The Labute approximate surface area is 91.2 Å². The zero-order valence-corrected chi connectivity index (χ0v) is 8.70. The Hall–Kier alpha value is -1.69. The van der Waals surface area contributed by atoms with Gasteiger partial charge in [-0.25, -0.2) is 4.79 Å². The van der Waals surface area contributed by atoms with Crippen LogP contribution in [0.2, 0.25) is 0 Å². The molecule has 1 aromatic rings. The summed E-state index contributed by atoms with van der Waals surface area (Å²) in [6.45, 7) is 0. The average Bonchev–Trinajstić information content (AvgIpc) is 2.26. The van der Waals surface area contributed by atoms with Gasteiger partial charge in [-0.2, -0.15) is 5.10 Å². The van der Waals surface area contributed by atoms with Crippen molar-refractivity contribution < 1.29 is 9.90 Å². The van der Waals surface area contributed by atoms with Crippen molar-refractivity contribution in [2.45, 2.75) is 5.75 Å². The Morgan fingerprint density at radius 1 is 1.40 bits per heavy atom. The van der Waals surface area contributed by atoms with Crippen LogP contribution in [0.1, 0.15) is 15.9 Å². The van der Waals surface area contributed by atoms with E-state index in [0.29, 0.717) is 10.9 Å². The Bertz CT molecular complexity index is 375. The highest BCUT2D eigenvalue weighted by atomic mass is 32.2. The molecular formula is C9H11N3O2S. The zero-order valence-electron chi connectivity index (χ0n) is 7.88. The van der Waals surface area contributed by atoms with Gasteiger partial charge in [0.15, 0.2) is 5.17 Å². The minimum Gasteiger partial charge on any atom is -0.478 e. The maximum atomic E-state index is 10.6. The first-order valence-electron chi connectivity index (χ1n) is 4.12. The first-order valence-corrected chi connectivity index (χ1v) is 5.10. The second kappa shape index (κ2) is 5.26. The number of hydrazone groups is 1. The van der Waals surface area contributed by atoms with Crippen molar-refractivity contribution in [1.29, 1.82) is 0 Å². The molecule has 0 unspecified atom stereocenters. The van der Waals surface area contributed by atoms with Gasteiger partial charge in [-0.3, -0.25) is 0 Å². The van der Waals surface area contributed by atoms with Gasteiger partial charge in [0, 0.05) is 5.75 Å². The molecule has 1 rings (SSSR count). The van der Waals surface area contributed by atoms with Crippen LogP contribution in [0.15, 0.2) is 29.4 Å². The van der Waals surface area contributed by atoms with Gasteiger partial charge in [0.05, 0.1) is 5.56 Å². The highest BCUT2D eigenvalue weighted by Gasteiger charge is 2.02. The van der Waals surface area contributed by atoms with E-state index in [2.05, 4.69) is 5.10 Å². The molecule has 0 bridgehead atoms. The van der Waals surface area contributed by atoms with Crippen LogP contribution in [0.5, 0.6) is 0 Å². The summed E-state index contributed by atoms with van der Waals surface area (Å²) in [5.74, 6) is 4.65. The van der Waals surface area contributed by atoms with Crippen molar-refractivity contribution >= 4 is 22.9 Å². The number of aromatic carboxylic acids is 1. The van der Waals surface area contributed by atoms with E-state index in [1.165, 1.54) is 11.8 Å². The van der Waals surface area contributed by atoms with Crippen LogP contribution in [0.25, 0.3) is 0 Å². The fourth-order valence-electron chi connectivity index (χ4n) is 0.938. The van der Waals surface area contributed by atoms with Crippen molar-refractivity contribution in [1.82, 2.24) is 0 Å². The lowest BCUT2D eigenvalue weighted by Gasteiger charge is -2.00. The molecule has 0 aliphatic heterocycles. The third kappa shape index (κ3) is 3.51. The Morgan fingerprint density at radius 3 is 2.47 bits per heavy atom. The monoisotopic (exact) mass is 225 g/mol. The molecule has 0 atom stereocenters. The lowest BCUT2D eigenvalue weighted by Crippen LogP contribution is -2.09. The van der Waals surface area contributed by atoms with E-state index < -0.39 is 5.97 Å². The molecule has 0 fully saturated rings. The predicted molar refractivity (Wildman–Crippen MR) is 60.5 cm³/mol. The molecule has 1 aromatic carbocycles. The lowest BCUT2D eigenvalue weighted by atomic mass is 10.1. The van der Waals surface area contributed by atoms with E-state index in [1.54, 1.807) is 24.3 Å². The Kier molecular flexibility index (Phi) is 3.99. The number of nitrogens with zero attached hydrogens (tertiary/aromatic N) is 1. The highest BCUT2D eigenvalue weighted by Crippen LogP contribution is 2.12. The first kappa shape index (κ1) is 11.4. The predicted octanol–water partition coefficient (Wildman–Crippen LogP) is 0.806. The molecule has 15 heavy (non-hydrogen) atoms.